The summed E-state index contributed by atoms with van der Waals surface area (Å²) in [6, 6.07) is 15.8. The van der Waals surface area contributed by atoms with Gasteiger partial charge in [0.15, 0.2) is 0 Å². The average molecular weight is 294 g/mol. The van der Waals surface area contributed by atoms with Gasteiger partial charge in [0.25, 0.3) is 0 Å². The second-order valence-corrected chi connectivity index (χ2v) is 5.44. The molecule has 4 nitrogen and oxygen atoms in total. The Morgan fingerprint density at radius 2 is 1.73 bits per heavy atom. The predicted octanol–water partition coefficient (Wildman–Crippen LogP) is 3.84. The van der Waals surface area contributed by atoms with Crippen molar-refractivity contribution in [1.82, 2.24) is 0 Å². The minimum absolute atomic E-state index is 0.366. The zero-order chi connectivity index (χ0) is 15.7. The highest BCUT2D eigenvalue weighted by atomic mass is 16.6. The zero-order valence-corrected chi connectivity index (χ0v) is 12.9. The standard InChI is InChI=1S/C18H18N2O2/c1-19(2)14-10-8-13(9-11-14)12-17-15-6-4-5-7-16(15)20(3)18(21)22-17/h4-12H,1-3H3/b17-12-. The number of rotatable bonds is 2. The van der Waals surface area contributed by atoms with Crippen LogP contribution in [0.15, 0.2) is 48.5 Å². The fraction of sp³-hybridized carbons (Fsp3) is 0.167. The van der Waals surface area contributed by atoms with Gasteiger partial charge < -0.3 is 9.64 Å². The van der Waals surface area contributed by atoms with Gasteiger partial charge in [0.05, 0.1) is 5.69 Å². The fourth-order valence-corrected chi connectivity index (χ4v) is 2.42. The largest absolute Gasteiger partial charge is 0.419 e. The second-order valence-electron chi connectivity index (χ2n) is 5.44. The van der Waals surface area contributed by atoms with Crippen LogP contribution in [0.2, 0.25) is 0 Å². The van der Waals surface area contributed by atoms with Crippen LogP contribution in [0.3, 0.4) is 0 Å². The average Bonchev–Trinajstić information content (AvgIpc) is 2.53. The Hall–Kier alpha value is -2.75. The third-order valence-electron chi connectivity index (χ3n) is 3.71. The summed E-state index contributed by atoms with van der Waals surface area (Å²) in [5.41, 5.74) is 3.90. The molecule has 1 aliphatic heterocycles. The molecule has 2 aromatic rings. The number of nitrogens with zero attached hydrogens (tertiary/aromatic N) is 2. The molecule has 112 valence electrons. The Balaban J connectivity index is 2.00. The van der Waals surface area contributed by atoms with E-state index in [1.807, 2.05) is 73.6 Å². The van der Waals surface area contributed by atoms with Gasteiger partial charge in [0.1, 0.15) is 5.76 Å². The molecule has 2 aromatic carbocycles. The fourth-order valence-electron chi connectivity index (χ4n) is 2.42. The topological polar surface area (TPSA) is 32.8 Å². The van der Waals surface area contributed by atoms with Crippen molar-refractivity contribution in [2.45, 2.75) is 0 Å². The van der Waals surface area contributed by atoms with E-state index in [1.54, 1.807) is 7.05 Å². The Morgan fingerprint density at radius 3 is 2.41 bits per heavy atom. The molecule has 0 saturated carbocycles. The number of anilines is 2. The van der Waals surface area contributed by atoms with Crippen LogP contribution in [-0.2, 0) is 4.74 Å². The summed E-state index contributed by atoms with van der Waals surface area (Å²) in [5, 5.41) is 0. The smallest absolute Gasteiger partial charge is 0.409 e. The van der Waals surface area contributed by atoms with Gasteiger partial charge in [0.2, 0.25) is 0 Å². The molecule has 1 aliphatic rings. The molecule has 0 bridgehead atoms. The van der Waals surface area contributed by atoms with Crippen molar-refractivity contribution >= 4 is 29.3 Å². The lowest BCUT2D eigenvalue weighted by Crippen LogP contribution is -2.31. The highest BCUT2D eigenvalue weighted by molar-refractivity contribution is 6.01. The molecule has 0 unspecified atom stereocenters. The third-order valence-corrected chi connectivity index (χ3v) is 3.71. The molecule has 0 fully saturated rings. The van der Waals surface area contributed by atoms with Crippen LogP contribution in [0.5, 0.6) is 0 Å². The maximum Gasteiger partial charge on any atom is 0.419 e. The van der Waals surface area contributed by atoms with E-state index in [1.165, 1.54) is 4.90 Å². The van der Waals surface area contributed by atoms with E-state index in [0.29, 0.717) is 5.76 Å². The summed E-state index contributed by atoms with van der Waals surface area (Å²) < 4.78 is 5.44. The van der Waals surface area contributed by atoms with Crippen molar-refractivity contribution in [2.24, 2.45) is 0 Å². The van der Waals surface area contributed by atoms with Gasteiger partial charge in [-0.25, -0.2) is 4.79 Å². The molecule has 1 heterocycles. The van der Waals surface area contributed by atoms with Crippen molar-refractivity contribution in [2.75, 3.05) is 30.9 Å². The number of amides is 1. The first-order valence-electron chi connectivity index (χ1n) is 7.10. The van der Waals surface area contributed by atoms with Crippen LogP contribution in [0.25, 0.3) is 11.8 Å². The number of hydrogen-bond donors (Lipinski definition) is 0. The first-order chi connectivity index (χ1) is 10.6. The van der Waals surface area contributed by atoms with Gasteiger partial charge in [-0.3, -0.25) is 4.90 Å². The molecule has 3 rings (SSSR count). The first kappa shape index (κ1) is 14.2. The molecule has 4 heteroatoms. The van der Waals surface area contributed by atoms with Crippen LogP contribution >= 0.6 is 0 Å². The number of carbonyl (C=O) groups is 1. The van der Waals surface area contributed by atoms with Gasteiger partial charge in [0, 0.05) is 32.4 Å². The van der Waals surface area contributed by atoms with Crippen LogP contribution in [0.4, 0.5) is 16.2 Å². The number of para-hydroxylation sites is 1. The first-order valence-corrected chi connectivity index (χ1v) is 7.10. The number of cyclic esters (lactones) is 1. The van der Waals surface area contributed by atoms with Crippen molar-refractivity contribution in [3.05, 3.63) is 59.7 Å². The van der Waals surface area contributed by atoms with Gasteiger partial charge in [-0.1, -0.05) is 24.3 Å². The summed E-state index contributed by atoms with van der Waals surface area (Å²) >= 11 is 0. The van der Waals surface area contributed by atoms with E-state index < -0.39 is 0 Å². The second kappa shape index (κ2) is 5.56. The lowest BCUT2D eigenvalue weighted by molar-refractivity contribution is 0.199. The molecule has 22 heavy (non-hydrogen) atoms. The summed E-state index contributed by atoms with van der Waals surface area (Å²) in [7, 11) is 5.72. The van der Waals surface area contributed by atoms with E-state index >= 15 is 0 Å². The van der Waals surface area contributed by atoms with E-state index in [-0.39, 0.29) is 6.09 Å². The van der Waals surface area contributed by atoms with Crippen molar-refractivity contribution < 1.29 is 9.53 Å². The Labute approximate surface area is 130 Å². The van der Waals surface area contributed by atoms with Crippen molar-refractivity contribution in [1.29, 1.82) is 0 Å². The van der Waals surface area contributed by atoms with Crippen LogP contribution in [0.1, 0.15) is 11.1 Å². The quantitative estimate of drug-likeness (QED) is 0.843. The van der Waals surface area contributed by atoms with Crippen LogP contribution in [0, 0.1) is 0 Å². The summed E-state index contributed by atoms with van der Waals surface area (Å²) in [6.45, 7) is 0. The summed E-state index contributed by atoms with van der Waals surface area (Å²) in [5.74, 6) is 0.580. The van der Waals surface area contributed by atoms with E-state index in [9.17, 15) is 4.79 Å². The normalized spacial score (nSPS) is 15.5. The molecular weight excluding hydrogens is 276 g/mol. The molecule has 0 atom stereocenters. The van der Waals surface area contributed by atoms with E-state index in [2.05, 4.69) is 0 Å². The minimum atomic E-state index is -0.366. The molecule has 0 radical (unpaired) electrons. The molecule has 0 aromatic heterocycles. The van der Waals surface area contributed by atoms with E-state index in [0.717, 1.165) is 22.5 Å². The lowest BCUT2D eigenvalue weighted by atomic mass is 10.1. The zero-order valence-electron chi connectivity index (χ0n) is 12.9. The summed E-state index contributed by atoms with van der Waals surface area (Å²) in [6.07, 6.45) is 1.53. The molecule has 1 amide bonds. The number of ether oxygens (including phenoxy) is 1. The molecule has 0 N–H and O–H groups in total. The van der Waals surface area contributed by atoms with Gasteiger partial charge >= 0.3 is 6.09 Å². The molecular formula is C18H18N2O2. The van der Waals surface area contributed by atoms with Gasteiger partial charge in [-0.15, -0.1) is 0 Å². The Kier molecular flexibility index (Phi) is 3.59. The van der Waals surface area contributed by atoms with E-state index in [4.69, 9.17) is 4.74 Å². The van der Waals surface area contributed by atoms with Crippen molar-refractivity contribution in [3.63, 3.8) is 0 Å². The van der Waals surface area contributed by atoms with Crippen LogP contribution < -0.4 is 9.80 Å². The van der Waals surface area contributed by atoms with Crippen LogP contribution in [-0.4, -0.2) is 27.2 Å². The maximum absolute atomic E-state index is 12.0. The number of hydrogen-bond acceptors (Lipinski definition) is 3. The Bertz CT molecular complexity index is 733. The molecule has 0 aliphatic carbocycles. The summed E-state index contributed by atoms with van der Waals surface area (Å²) in [4.78, 5) is 15.5. The number of carbonyl (C=O) groups excluding carboxylic acids is 1. The van der Waals surface area contributed by atoms with Crippen molar-refractivity contribution in [3.8, 4) is 0 Å². The monoisotopic (exact) mass is 294 g/mol. The number of fused-ring (bicyclic) bond motifs is 1. The Morgan fingerprint density at radius 1 is 1.05 bits per heavy atom. The number of benzene rings is 2. The van der Waals surface area contributed by atoms with Gasteiger partial charge in [-0.05, 0) is 35.9 Å². The maximum atomic E-state index is 12.0. The SMILES string of the molecule is CN(C)c1ccc(/C=C2\OC(=O)N(C)c3ccccc32)cc1. The van der Waals surface area contributed by atoms with Gasteiger partial charge in [-0.2, -0.15) is 0 Å². The minimum Gasteiger partial charge on any atom is -0.409 e. The third kappa shape index (κ3) is 2.55. The lowest BCUT2D eigenvalue weighted by Gasteiger charge is -2.26. The predicted molar refractivity (Wildman–Crippen MR) is 90.0 cm³/mol. The molecule has 0 spiro atoms. The highest BCUT2D eigenvalue weighted by Crippen LogP contribution is 2.34. The highest BCUT2D eigenvalue weighted by Gasteiger charge is 2.25. The molecule has 0 saturated heterocycles.